The first-order chi connectivity index (χ1) is 11.4. The maximum absolute atomic E-state index is 13.9. The van der Waals surface area contributed by atoms with E-state index in [2.05, 4.69) is 0 Å². The van der Waals surface area contributed by atoms with Crippen LogP contribution >= 0.6 is 34.5 Å². The minimum absolute atomic E-state index is 0.257. The van der Waals surface area contributed by atoms with Crippen molar-refractivity contribution in [2.24, 2.45) is 0 Å². The quantitative estimate of drug-likeness (QED) is 0.841. The highest BCUT2D eigenvalue weighted by Crippen LogP contribution is 2.28. The highest BCUT2D eigenvalue weighted by molar-refractivity contribution is 7.91. The highest BCUT2D eigenvalue weighted by atomic mass is 35.5. The van der Waals surface area contributed by atoms with Crippen LogP contribution in [0.5, 0.6) is 0 Å². The van der Waals surface area contributed by atoms with Crippen molar-refractivity contribution in [1.82, 2.24) is 4.31 Å². The summed E-state index contributed by atoms with van der Waals surface area (Å²) in [5.41, 5.74) is 0.482. The van der Waals surface area contributed by atoms with Crippen molar-refractivity contribution in [2.75, 3.05) is 26.2 Å². The summed E-state index contributed by atoms with van der Waals surface area (Å²) in [6, 6.07) is 7.75. The number of thiophene rings is 1. The first-order valence-electron chi connectivity index (χ1n) is 7.40. The molecule has 130 valence electrons. The van der Waals surface area contributed by atoms with E-state index in [1.165, 1.54) is 16.4 Å². The number of halogens is 3. The van der Waals surface area contributed by atoms with Gasteiger partial charge in [0.15, 0.2) is 0 Å². The Kier molecular flexibility index (Phi) is 5.48. The number of benzene rings is 1. The van der Waals surface area contributed by atoms with E-state index >= 15 is 0 Å². The maximum atomic E-state index is 13.9. The molecule has 1 aromatic carbocycles. The van der Waals surface area contributed by atoms with E-state index in [0.29, 0.717) is 47.6 Å². The largest absolute Gasteiger partial charge is 0.329 e. The average Bonchev–Trinajstić information content (AvgIpc) is 2.99. The van der Waals surface area contributed by atoms with E-state index in [0.717, 1.165) is 16.2 Å². The highest BCUT2D eigenvalue weighted by Gasteiger charge is 2.31. The zero-order valence-electron chi connectivity index (χ0n) is 12.6. The van der Waals surface area contributed by atoms with Gasteiger partial charge in [-0.2, -0.15) is 4.31 Å². The van der Waals surface area contributed by atoms with Crippen molar-refractivity contribution in [2.45, 2.75) is 10.8 Å². The van der Waals surface area contributed by atoms with Gasteiger partial charge in [0.05, 0.1) is 41.1 Å². The van der Waals surface area contributed by atoms with Gasteiger partial charge in [-0.05, 0) is 24.3 Å². The van der Waals surface area contributed by atoms with Crippen LogP contribution in [0.4, 0.5) is 4.39 Å². The maximum Gasteiger partial charge on any atom is 0.253 e. The molecule has 9 heteroatoms. The second-order valence-electron chi connectivity index (χ2n) is 5.59. The van der Waals surface area contributed by atoms with E-state index in [1.807, 2.05) is 0 Å². The first-order valence-corrected chi connectivity index (χ1v) is 10.4. The van der Waals surface area contributed by atoms with E-state index < -0.39 is 10.0 Å². The van der Waals surface area contributed by atoms with Gasteiger partial charge in [-0.1, -0.05) is 29.3 Å². The lowest BCUT2D eigenvalue weighted by atomic mass is 10.2. The van der Waals surface area contributed by atoms with Gasteiger partial charge in [0, 0.05) is 0 Å². The zero-order valence-corrected chi connectivity index (χ0v) is 15.8. The Bertz CT molecular complexity index is 813. The van der Waals surface area contributed by atoms with Crippen LogP contribution in [-0.4, -0.2) is 38.9 Å². The molecular formula is C15H16Cl2FN2O2S2+. The summed E-state index contributed by atoms with van der Waals surface area (Å²) in [5, 5.41) is 0.408. The number of quaternary nitrogens is 1. The molecule has 1 saturated heterocycles. The number of nitrogens with one attached hydrogen (secondary N) is 1. The van der Waals surface area contributed by atoms with E-state index in [9.17, 15) is 12.8 Å². The van der Waals surface area contributed by atoms with Crippen molar-refractivity contribution in [3.63, 3.8) is 0 Å². The Balaban J connectivity index is 1.66. The topological polar surface area (TPSA) is 41.8 Å². The number of hydrogen-bond acceptors (Lipinski definition) is 3. The summed E-state index contributed by atoms with van der Waals surface area (Å²) < 4.78 is 41.2. The van der Waals surface area contributed by atoms with Crippen molar-refractivity contribution < 1.29 is 17.7 Å². The summed E-state index contributed by atoms with van der Waals surface area (Å²) in [7, 11) is -3.50. The summed E-state index contributed by atoms with van der Waals surface area (Å²) in [6.07, 6.45) is 0. The summed E-state index contributed by atoms with van der Waals surface area (Å²) >= 11 is 13.0. The molecule has 0 radical (unpaired) electrons. The summed E-state index contributed by atoms with van der Waals surface area (Å²) in [4.78, 5) is 1.11. The van der Waals surface area contributed by atoms with Gasteiger partial charge in [0.25, 0.3) is 10.0 Å². The lowest BCUT2D eigenvalue weighted by molar-refractivity contribution is -0.917. The molecule has 2 heterocycles. The Morgan fingerprint density at radius 2 is 1.88 bits per heavy atom. The number of sulfonamides is 1. The van der Waals surface area contributed by atoms with Crippen LogP contribution < -0.4 is 4.90 Å². The molecule has 0 bridgehead atoms. The van der Waals surface area contributed by atoms with Crippen LogP contribution in [0.2, 0.25) is 9.36 Å². The van der Waals surface area contributed by atoms with E-state index in [1.54, 1.807) is 18.2 Å². The van der Waals surface area contributed by atoms with Crippen molar-refractivity contribution >= 4 is 44.6 Å². The molecule has 1 N–H and O–H groups in total. The molecule has 0 saturated carbocycles. The van der Waals surface area contributed by atoms with Crippen molar-refractivity contribution in [1.29, 1.82) is 0 Å². The van der Waals surface area contributed by atoms with Gasteiger partial charge < -0.3 is 4.90 Å². The number of hydrogen-bond donors (Lipinski definition) is 1. The predicted molar refractivity (Wildman–Crippen MR) is 93.9 cm³/mol. The molecule has 1 aliphatic heterocycles. The van der Waals surface area contributed by atoms with Gasteiger partial charge >= 0.3 is 0 Å². The zero-order chi connectivity index (χ0) is 17.3. The van der Waals surface area contributed by atoms with E-state index in [4.69, 9.17) is 23.2 Å². The summed E-state index contributed by atoms with van der Waals surface area (Å²) in [6.45, 7) is 2.43. The average molecular weight is 410 g/mol. The minimum atomic E-state index is -3.50. The second kappa shape index (κ2) is 7.27. The molecule has 3 rings (SSSR count). The third-order valence-corrected chi connectivity index (χ3v) is 8.01. The fraction of sp³-hybridized carbons (Fsp3) is 0.333. The fourth-order valence-corrected chi connectivity index (χ4v) is 6.04. The van der Waals surface area contributed by atoms with E-state index in [-0.39, 0.29) is 10.0 Å². The molecule has 0 atom stereocenters. The number of rotatable bonds is 4. The Hall–Kier alpha value is -0.700. The molecule has 0 unspecified atom stereocenters. The molecule has 0 amide bonds. The Labute approximate surface area is 154 Å². The first kappa shape index (κ1) is 18.1. The number of piperazine rings is 1. The third-order valence-electron chi connectivity index (χ3n) is 4.06. The standard InChI is InChI=1S/C15H15Cl2FN2O2S2/c16-12-2-1-3-13(18)11(12)10-19-6-8-20(9-7-19)24(21,22)15-5-4-14(17)23-15/h1-5H,6-10H2/p+1. The fourth-order valence-electron chi connectivity index (χ4n) is 2.73. The van der Waals surface area contributed by atoms with Crippen LogP contribution in [0.15, 0.2) is 34.5 Å². The normalized spacial score (nSPS) is 17.3. The smallest absolute Gasteiger partial charge is 0.253 e. The second-order valence-corrected chi connectivity index (χ2v) is 9.88. The molecule has 24 heavy (non-hydrogen) atoms. The monoisotopic (exact) mass is 409 g/mol. The van der Waals surface area contributed by atoms with Gasteiger partial charge in [-0.15, -0.1) is 11.3 Å². The molecule has 2 aromatic rings. The molecule has 1 aromatic heterocycles. The molecular weight excluding hydrogens is 394 g/mol. The van der Waals surface area contributed by atoms with Crippen LogP contribution in [0.3, 0.4) is 0 Å². The Morgan fingerprint density at radius 3 is 2.46 bits per heavy atom. The Morgan fingerprint density at radius 1 is 1.17 bits per heavy atom. The minimum Gasteiger partial charge on any atom is -0.329 e. The third kappa shape index (κ3) is 3.76. The summed E-state index contributed by atoms with van der Waals surface area (Å²) in [5.74, 6) is -0.321. The lowest BCUT2D eigenvalue weighted by Gasteiger charge is -2.31. The van der Waals surface area contributed by atoms with Crippen LogP contribution in [0, 0.1) is 5.82 Å². The molecule has 1 fully saturated rings. The van der Waals surface area contributed by atoms with Gasteiger partial charge in [0.1, 0.15) is 16.6 Å². The number of nitrogens with zero attached hydrogens (tertiary/aromatic N) is 1. The van der Waals surface area contributed by atoms with Crippen LogP contribution in [0.25, 0.3) is 0 Å². The lowest BCUT2D eigenvalue weighted by Crippen LogP contribution is -3.13. The predicted octanol–water partition coefficient (Wildman–Crippen LogP) is 2.28. The van der Waals surface area contributed by atoms with Crippen LogP contribution in [-0.2, 0) is 16.6 Å². The van der Waals surface area contributed by atoms with Crippen molar-refractivity contribution in [3.05, 3.63) is 51.1 Å². The SMILES string of the molecule is O=S(=O)(c1ccc(Cl)s1)N1CC[NH+](Cc2c(F)cccc2Cl)CC1. The van der Waals surface area contributed by atoms with Gasteiger partial charge in [-0.3, -0.25) is 0 Å². The van der Waals surface area contributed by atoms with Crippen molar-refractivity contribution in [3.8, 4) is 0 Å². The van der Waals surface area contributed by atoms with Gasteiger partial charge in [0.2, 0.25) is 0 Å². The molecule has 0 aliphatic carbocycles. The van der Waals surface area contributed by atoms with Gasteiger partial charge in [-0.25, -0.2) is 12.8 Å². The van der Waals surface area contributed by atoms with Crippen LogP contribution in [0.1, 0.15) is 5.56 Å². The molecule has 4 nitrogen and oxygen atoms in total. The molecule has 0 spiro atoms. The molecule has 1 aliphatic rings.